The van der Waals surface area contributed by atoms with Crippen LogP contribution in [0, 0.1) is 13.8 Å². The van der Waals surface area contributed by atoms with E-state index < -0.39 is 0 Å². The third kappa shape index (κ3) is 6.21. The molecule has 0 aromatic heterocycles. The number of hydrogen-bond donors (Lipinski definition) is 2. The second-order valence-corrected chi connectivity index (χ2v) is 5.10. The molecule has 0 bridgehead atoms. The molecule has 0 aliphatic heterocycles. The van der Waals surface area contributed by atoms with Gasteiger partial charge in [0, 0.05) is 24.2 Å². The Morgan fingerprint density at radius 2 is 1.81 bits per heavy atom. The topological polar surface area (TPSA) is 70.6 Å². The van der Waals surface area contributed by atoms with E-state index in [0.29, 0.717) is 0 Å². The van der Waals surface area contributed by atoms with Crippen LogP contribution in [0.3, 0.4) is 0 Å². The summed E-state index contributed by atoms with van der Waals surface area (Å²) in [7, 11) is 0. The molecule has 0 heterocycles. The van der Waals surface area contributed by atoms with E-state index in [-0.39, 0.29) is 24.7 Å². The van der Waals surface area contributed by atoms with Crippen molar-refractivity contribution in [1.82, 2.24) is 5.43 Å². The molecule has 1 aromatic carbocycles. The first-order valence-corrected chi connectivity index (χ1v) is 7.11. The normalized spacial score (nSPS) is 11.1. The molecule has 0 spiro atoms. The first-order valence-electron chi connectivity index (χ1n) is 7.11. The molecule has 0 saturated carbocycles. The first kappa shape index (κ1) is 16.9. The minimum atomic E-state index is -0.251. The van der Waals surface area contributed by atoms with Crippen LogP contribution in [-0.4, -0.2) is 17.5 Å². The maximum atomic E-state index is 11.8. The number of benzene rings is 1. The van der Waals surface area contributed by atoms with Gasteiger partial charge in [-0.1, -0.05) is 24.6 Å². The number of nitrogens with one attached hydrogen (secondary N) is 2. The Hall–Kier alpha value is -2.17. The Balaban J connectivity index is 2.42. The smallest absolute Gasteiger partial charge is 0.240 e. The molecule has 0 unspecified atom stereocenters. The van der Waals surface area contributed by atoms with E-state index in [1.165, 1.54) is 0 Å². The molecule has 0 aliphatic carbocycles. The van der Waals surface area contributed by atoms with Crippen molar-refractivity contribution in [2.75, 3.05) is 5.32 Å². The van der Waals surface area contributed by atoms with Gasteiger partial charge in [0.2, 0.25) is 11.8 Å². The van der Waals surface area contributed by atoms with Gasteiger partial charge in [0.25, 0.3) is 0 Å². The van der Waals surface area contributed by atoms with Gasteiger partial charge in [-0.3, -0.25) is 9.59 Å². The van der Waals surface area contributed by atoms with Gasteiger partial charge in [-0.05, 0) is 38.8 Å². The Bertz CT molecular complexity index is 550. The highest BCUT2D eigenvalue weighted by molar-refractivity contribution is 5.94. The second-order valence-electron chi connectivity index (χ2n) is 5.10. The highest BCUT2D eigenvalue weighted by atomic mass is 16.2. The average Bonchev–Trinajstić information content (AvgIpc) is 2.45. The van der Waals surface area contributed by atoms with Gasteiger partial charge in [0.1, 0.15) is 0 Å². The number of amides is 2. The molecule has 2 amide bonds. The summed E-state index contributed by atoms with van der Waals surface area (Å²) in [6, 6.07) is 5.82. The van der Waals surface area contributed by atoms with E-state index in [9.17, 15) is 9.59 Å². The lowest BCUT2D eigenvalue weighted by Gasteiger charge is -2.08. The van der Waals surface area contributed by atoms with E-state index in [1.807, 2.05) is 45.9 Å². The third-order valence-corrected chi connectivity index (χ3v) is 3.12. The van der Waals surface area contributed by atoms with Crippen LogP contribution in [0.5, 0.6) is 0 Å². The number of carbonyl (C=O) groups excluding carboxylic acids is 2. The van der Waals surface area contributed by atoms with Gasteiger partial charge < -0.3 is 5.32 Å². The zero-order valence-electron chi connectivity index (χ0n) is 13.1. The SMILES string of the molecule is CC/C(C)=N\NC(=O)CCC(=O)Nc1ccc(C)cc1C. The quantitative estimate of drug-likeness (QED) is 0.624. The number of rotatable bonds is 6. The van der Waals surface area contributed by atoms with Crippen molar-refractivity contribution < 1.29 is 9.59 Å². The van der Waals surface area contributed by atoms with Crippen LogP contribution < -0.4 is 10.7 Å². The number of nitrogens with zero attached hydrogens (tertiary/aromatic N) is 1. The summed E-state index contributed by atoms with van der Waals surface area (Å²) in [5.41, 5.74) is 6.23. The highest BCUT2D eigenvalue weighted by Gasteiger charge is 2.08. The molecule has 0 radical (unpaired) electrons. The molecule has 21 heavy (non-hydrogen) atoms. The minimum Gasteiger partial charge on any atom is -0.326 e. The van der Waals surface area contributed by atoms with Crippen molar-refractivity contribution in [3.63, 3.8) is 0 Å². The van der Waals surface area contributed by atoms with Gasteiger partial charge in [-0.15, -0.1) is 0 Å². The van der Waals surface area contributed by atoms with Crippen molar-refractivity contribution in [3.05, 3.63) is 29.3 Å². The van der Waals surface area contributed by atoms with Crippen LogP contribution >= 0.6 is 0 Å². The Morgan fingerprint density at radius 3 is 2.43 bits per heavy atom. The molecule has 1 rings (SSSR count). The molecular weight excluding hydrogens is 266 g/mol. The molecular formula is C16H23N3O2. The maximum Gasteiger partial charge on any atom is 0.240 e. The molecule has 0 fully saturated rings. The standard InChI is InChI=1S/C16H23N3O2/c1-5-13(4)18-19-16(21)9-8-15(20)17-14-7-6-11(2)10-12(14)3/h6-7,10H,5,8-9H2,1-4H3,(H,17,20)(H,19,21)/b18-13-. The average molecular weight is 289 g/mol. The van der Waals surface area contributed by atoms with Gasteiger partial charge in [-0.2, -0.15) is 5.10 Å². The number of hydrazone groups is 1. The monoisotopic (exact) mass is 289 g/mol. The van der Waals surface area contributed by atoms with Crippen LogP contribution in [0.2, 0.25) is 0 Å². The summed E-state index contributed by atoms with van der Waals surface area (Å²) in [6.07, 6.45) is 1.05. The summed E-state index contributed by atoms with van der Waals surface area (Å²) >= 11 is 0. The molecule has 0 saturated heterocycles. The van der Waals surface area contributed by atoms with Crippen LogP contribution in [0.25, 0.3) is 0 Å². The van der Waals surface area contributed by atoms with E-state index in [2.05, 4.69) is 15.8 Å². The lowest BCUT2D eigenvalue weighted by Crippen LogP contribution is -2.21. The summed E-state index contributed by atoms with van der Waals surface area (Å²) < 4.78 is 0. The van der Waals surface area contributed by atoms with Gasteiger partial charge in [0.05, 0.1) is 0 Å². The zero-order valence-corrected chi connectivity index (χ0v) is 13.1. The summed E-state index contributed by atoms with van der Waals surface area (Å²) in [4.78, 5) is 23.4. The van der Waals surface area contributed by atoms with Gasteiger partial charge in [-0.25, -0.2) is 5.43 Å². The summed E-state index contributed by atoms with van der Waals surface area (Å²) in [5, 5.41) is 6.73. The molecule has 0 atom stereocenters. The van der Waals surface area contributed by atoms with E-state index in [1.54, 1.807) is 0 Å². The second kappa shape index (κ2) is 8.19. The lowest BCUT2D eigenvalue weighted by atomic mass is 10.1. The van der Waals surface area contributed by atoms with Crippen molar-refractivity contribution in [2.24, 2.45) is 5.10 Å². The number of hydrogen-bond acceptors (Lipinski definition) is 3. The lowest BCUT2D eigenvalue weighted by molar-refractivity contribution is -0.124. The maximum absolute atomic E-state index is 11.8. The fraction of sp³-hybridized carbons (Fsp3) is 0.438. The summed E-state index contributed by atoms with van der Waals surface area (Å²) in [5.74, 6) is -0.424. The predicted molar refractivity (Wildman–Crippen MR) is 85.3 cm³/mol. The van der Waals surface area contributed by atoms with E-state index in [0.717, 1.165) is 28.9 Å². The molecule has 1 aromatic rings. The van der Waals surface area contributed by atoms with E-state index >= 15 is 0 Å². The Labute approximate surface area is 125 Å². The van der Waals surface area contributed by atoms with Gasteiger partial charge >= 0.3 is 0 Å². The minimum absolute atomic E-state index is 0.122. The number of aryl methyl sites for hydroxylation is 2. The van der Waals surface area contributed by atoms with Crippen molar-refractivity contribution in [3.8, 4) is 0 Å². The zero-order chi connectivity index (χ0) is 15.8. The largest absolute Gasteiger partial charge is 0.326 e. The first-order chi connectivity index (χ1) is 9.92. The fourth-order valence-corrected chi connectivity index (χ4v) is 1.69. The number of carbonyl (C=O) groups is 2. The van der Waals surface area contributed by atoms with E-state index in [4.69, 9.17) is 0 Å². The van der Waals surface area contributed by atoms with Crippen molar-refractivity contribution in [1.29, 1.82) is 0 Å². The molecule has 5 nitrogen and oxygen atoms in total. The number of anilines is 1. The fourth-order valence-electron chi connectivity index (χ4n) is 1.69. The van der Waals surface area contributed by atoms with Gasteiger partial charge in [0.15, 0.2) is 0 Å². The Kier molecular flexibility index (Phi) is 6.59. The predicted octanol–water partition coefficient (Wildman–Crippen LogP) is 2.92. The van der Waals surface area contributed by atoms with Crippen LogP contribution in [0.1, 0.15) is 44.2 Å². The Morgan fingerprint density at radius 1 is 1.14 bits per heavy atom. The van der Waals surface area contributed by atoms with Crippen LogP contribution in [0.15, 0.2) is 23.3 Å². The third-order valence-electron chi connectivity index (χ3n) is 3.12. The molecule has 5 heteroatoms. The molecule has 0 aliphatic rings. The van der Waals surface area contributed by atoms with Crippen LogP contribution in [-0.2, 0) is 9.59 Å². The summed E-state index contributed by atoms with van der Waals surface area (Å²) in [6.45, 7) is 7.74. The molecule has 2 N–H and O–H groups in total. The van der Waals surface area contributed by atoms with Crippen molar-refractivity contribution >= 4 is 23.2 Å². The molecule has 114 valence electrons. The highest BCUT2D eigenvalue weighted by Crippen LogP contribution is 2.16. The van der Waals surface area contributed by atoms with Crippen molar-refractivity contribution in [2.45, 2.75) is 47.0 Å². The van der Waals surface area contributed by atoms with Crippen LogP contribution in [0.4, 0.5) is 5.69 Å².